The first-order valence-electron chi connectivity index (χ1n) is 6.17. The zero-order chi connectivity index (χ0) is 14.9. The van der Waals surface area contributed by atoms with Crippen LogP contribution < -0.4 is 5.32 Å². The van der Waals surface area contributed by atoms with Crippen LogP contribution in [0.15, 0.2) is 12.7 Å². The van der Waals surface area contributed by atoms with Crippen molar-refractivity contribution >= 4 is 12.1 Å². The van der Waals surface area contributed by atoms with Gasteiger partial charge in [-0.05, 0) is 33.6 Å². The van der Waals surface area contributed by atoms with Gasteiger partial charge in [-0.1, -0.05) is 6.08 Å². The summed E-state index contributed by atoms with van der Waals surface area (Å²) in [4.78, 5) is 22.5. The number of carbonyl (C=O) groups excluding carboxylic acids is 1. The number of ether oxygens (including phenoxy) is 2. The van der Waals surface area contributed by atoms with Gasteiger partial charge in [0.2, 0.25) is 0 Å². The van der Waals surface area contributed by atoms with E-state index in [4.69, 9.17) is 14.6 Å². The van der Waals surface area contributed by atoms with Crippen LogP contribution >= 0.6 is 0 Å². The zero-order valence-corrected chi connectivity index (χ0v) is 11.8. The Bertz CT molecular complexity index is 309. The fourth-order valence-electron chi connectivity index (χ4n) is 1.26. The van der Waals surface area contributed by atoms with Crippen LogP contribution in [-0.2, 0) is 14.3 Å². The molecule has 0 saturated heterocycles. The number of hydrogen-bond acceptors (Lipinski definition) is 4. The fraction of sp³-hybridized carbons (Fsp3) is 0.692. The van der Waals surface area contributed by atoms with Crippen molar-refractivity contribution < 1.29 is 24.2 Å². The molecule has 0 aromatic rings. The lowest BCUT2D eigenvalue weighted by Gasteiger charge is -2.22. The van der Waals surface area contributed by atoms with Crippen molar-refractivity contribution in [2.75, 3.05) is 13.2 Å². The van der Waals surface area contributed by atoms with Gasteiger partial charge in [-0.15, -0.1) is 6.58 Å². The molecule has 6 nitrogen and oxygen atoms in total. The molecule has 0 aliphatic carbocycles. The lowest BCUT2D eigenvalue weighted by atomic mass is 10.1. The third-order valence-corrected chi connectivity index (χ3v) is 2.01. The third-order valence-electron chi connectivity index (χ3n) is 2.01. The van der Waals surface area contributed by atoms with E-state index < -0.39 is 23.7 Å². The van der Waals surface area contributed by atoms with E-state index in [9.17, 15) is 9.59 Å². The summed E-state index contributed by atoms with van der Waals surface area (Å²) < 4.78 is 10.1. The highest BCUT2D eigenvalue weighted by molar-refractivity contribution is 5.79. The summed E-state index contributed by atoms with van der Waals surface area (Å²) in [5, 5.41) is 11.3. The quantitative estimate of drug-likeness (QED) is 0.521. The van der Waals surface area contributed by atoms with Crippen molar-refractivity contribution in [1.29, 1.82) is 0 Å². The molecule has 1 atom stereocenters. The van der Waals surface area contributed by atoms with Gasteiger partial charge in [-0.25, -0.2) is 9.59 Å². The van der Waals surface area contributed by atoms with Crippen LogP contribution in [0.25, 0.3) is 0 Å². The number of hydrogen-bond donors (Lipinski definition) is 2. The summed E-state index contributed by atoms with van der Waals surface area (Å²) in [5.74, 6) is -1.09. The highest BCUT2D eigenvalue weighted by Gasteiger charge is 2.23. The first-order valence-corrected chi connectivity index (χ1v) is 6.17. The van der Waals surface area contributed by atoms with Gasteiger partial charge in [-0.3, -0.25) is 0 Å². The summed E-state index contributed by atoms with van der Waals surface area (Å²) in [7, 11) is 0. The molecule has 0 aliphatic rings. The molecule has 0 aliphatic heterocycles. The number of aliphatic carboxylic acids is 1. The number of carbonyl (C=O) groups is 2. The standard InChI is InChI=1S/C13H23NO5/c1-5-8-18-9-6-7-10(11(15)16)14-12(17)19-13(2,3)4/h5,10H,1,6-9H2,2-4H3,(H,14,17)(H,15,16)/t10-/m0/s1. The molecule has 19 heavy (non-hydrogen) atoms. The van der Waals surface area contributed by atoms with Crippen LogP contribution in [0, 0.1) is 0 Å². The maximum absolute atomic E-state index is 11.5. The second-order valence-corrected chi connectivity index (χ2v) is 5.04. The third kappa shape index (κ3) is 10.1. The average molecular weight is 273 g/mol. The smallest absolute Gasteiger partial charge is 0.408 e. The van der Waals surface area contributed by atoms with Gasteiger partial charge in [0.1, 0.15) is 11.6 Å². The summed E-state index contributed by atoms with van der Waals surface area (Å²) >= 11 is 0. The van der Waals surface area contributed by atoms with E-state index in [0.717, 1.165) is 0 Å². The normalized spacial score (nSPS) is 12.6. The Labute approximate surface area is 113 Å². The topological polar surface area (TPSA) is 84.9 Å². The van der Waals surface area contributed by atoms with Crippen molar-refractivity contribution in [3.8, 4) is 0 Å². The first-order chi connectivity index (χ1) is 8.76. The number of carboxylic acid groups (broad SMARTS) is 1. The molecule has 0 unspecified atom stereocenters. The predicted molar refractivity (Wildman–Crippen MR) is 71.0 cm³/mol. The minimum absolute atomic E-state index is 0.283. The van der Waals surface area contributed by atoms with Crippen LogP contribution in [0.3, 0.4) is 0 Å². The van der Waals surface area contributed by atoms with Crippen LogP contribution in [0.1, 0.15) is 33.6 Å². The maximum Gasteiger partial charge on any atom is 0.408 e. The second kappa shape index (κ2) is 8.53. The Morgan fingerprint density at radius 1 is 1.42 bits per heavy atom. The molecule has 0 heterocycles. The Morgan fingerprint density at radius 2 is 2.05 bits per heavy atom. The van der Waals surface area contributed by atoms with E-state index in [0.29, 0.717) is 19.6 Å². The monoisotopic (exact) mass is 273 g/mol. The number of alkyl carbamates (subject to hydrolysis) is 1. The van der Waals surface area contributed by atoms with Crippen LogP contribution in [0.5, 0.6) is 0 Å². The molecule has 0 fully saturated rings. The molecule has 0 spiro atoms. The van der Waals surface area contributed by atoms with E-state index >= 15 is 0 Å². The van der Waals surface area contributed by atoms with Crippen LogP contribution in [0.2, 0.25) is 0 Å². The minimum atomic E-state index is -1.09. The van der Waals surface area contributed by atoms with Gasteiger partial charge < -0.3 is 19.9 Å². The Balaban J connectivity index is 4.08. The van der Waals surface area contributed by atoms with Gasteiger partial charge in [0.05, 0.1) is 6.61 Å². The van der Waals surface area contributed by atoms with E-state index in [1.54, 1.807) is 26.8 Å². The van der Waals surface area contributed by atoms with Gasteiger partial charge in [0.25, 0.3) is 0 Å². The Hall–Kier alpha value is -1.56. The molecule has 0 bridgehead atoms. The number of carboxylic acids is 1. The molecule has 110 valence electrons. The lowest BCUT2D eigenvalue weighted by Crippen LogP contribution is -2.43. The minimum Gasteiger partial charge on any atom is -0.480 e. The largest absolute Gasteiger partial charge is 0.480 e. The van der Waals surface area contributed by atoms with Gasteiger partial charge in [0.15, 0.2) is 0 Å². The van der Waals surface area contributed by atoms with Crippen LogP contribution in [-0.4, -0.2) is 42.0 Å². The molecule has 6 heteroatoms. The van der Waals surface area contributed by atoms with Gasteiger partial charge in [-0.2, -0.15) is 0 Å². The Morgan fingerprint density at radius 3 is 2.53 bits per heavy atom. The van der Waals surface area contributed by atoms with Crippen molar-refractivity contribution in [3.63, 3.8) is 0 Å². The van der Waals surface area contributed by atoms with Gasteiger partial charge in [0, 0.05) is 6.61 Å². The lowest BCUT2D eigenvalue weighted by molar-refractivity contribution is -0.139. The molecular formula is C13H23NO5. The highest BCUT2D eigenvalue weighted by Crippen LogP contribution is 2.07. The van der Waals surface area contributed by atoms with E-state index in [1.807, 2.05) is 0 Å². The number of amides is 1. The number of rotatable bonds is 8. The molecule has 2 N–H and O–H groups in total. The summed E-state index contributed by atoms with van der Waals surface area (Å²) in [6.07, 6.45) is 1.70. The van der Waals surface area contributed by atoms with Gasteiger partial charge >= 0.3 is 12.1 Å². The van der Waals surface area contributed by atoms with Crippen LogP contribution in [0.4, 0.5) is 4.79 Å². The molecule has 0 aromatic carbocycles. The van der Waals surface area contributed by atoms with E-state index in [1.165, 1.54) is 0 Å². The van der Waals surface area contributed by atoms with E-state index in [2.05, 4.69) is 11.9 Å². The molecule has 0 radical (unpaired) electrons. The SMILES string of the molecule is C=CCOCCC[C@H](NC(=O)OC(C)(C)C)C(=O)O. The van der Waals surface area contributed by atoms with Crippen molar-refractivity contribution in [1.82, 2.24) is 5.32 Å². The molecule has 0 aromatic heterocycles. The first kappa shape index (κ1) is 17.4. The van der Waals surface area contributed by atoms with Crippen molar-refractivity contribution in [2.24, 2.45) is 0 Å². The molecular weight excluding hydrogens is 250 g/mol. The maximum atomic E-state index is 11.5. The summed E-state index contributed by atoms with van der Waals surface area (Å²) in [6.45, 7) is 9.49. The van der Waals surface area contributed by atoms with Crippen molar-refractivity contribution in [2.45, 2.75) is 45.3 Å². The molecule has 1 amide bonds. The van der Waals surface area contributed by atoms with E-state index in [-0.39, 0.29) is 6.42 Å². The summed E-state index contributed by atoms with van der Waals surface area (Å²) in [5.41, 5.74) is -0.653. The predicted octanol–water partition coefficient (Wildman–Crippen LogP) is 1.95. The van der Waals surface area contributed by atoms with Crippen molar-refractivity contribution in [3.05, 3.63) is 12.7 Å². The highest BCUT2D eigenvalue weighted by atomic mass is 16.6. The summed E-state index contributed by atoms with van der Waals surface area (Å²) in [6, 6.07) is -0.970. The molecule has 0 rings (SSSR count). The molecule has 0 saturated carbocycles. The Kier molecular flexibility index (Phi) is 7.83. The fourth-order valence-corrected chi connectivity index (χ4v) is 1.26. The number of nitrogens with one attached hydrogen (secondary N) is 1. The second-order valence-electron chi connectivity index (χ2n) is 5.04. The zero-order valence-electron chi connectivity index (χ0n) is 11.8. The average Bonchev–Trinajstić information content (AvgIpc) is 2.24.